The molecule has 3 rings (SSSR count). The summed E-state index contributed by atoms with van der Waals surface area (Å²) in [6.07, 6.45) is 2.52. The number of nitrogens with two attached hydrogens (primary N) is 1. The van der Waals surface area contributed by atoms with Gasteiger partial charge in [-0.05, 0) is 25.8 Å². The summed E-state index contributed by atoms with van der Waals surface area (Å²) in [5.41, 5.74) is 4.46. The molecule has 1 aliphatic rings. The van der Waals surface area contributed by atoms with Crippen molar-refractivity contribution in [1.82, 2.24) is 18.7 Å². The lowest BCUT2D eigenvalue weighted by atomic mass is 9.75. The van der Waals surface area contributed by atoms with Crippen LogP contribution in [-0.4, -0.2) is 49.0 Å². The fourth-order valence-electron chi connectivity index (χ4n) is 2.90. The van der Waals surface area contributed by atoms with E-state index in [1.807, 2.05) is 27.7 Å². The zero-order valence-electron chi connectivity index (χ0n) is 18.8. The van der Waals surface area contributed by atoms with Crippen LogP contribution in [0.1, 0.15) is 40.5 Å². The molecule has 10 nitrogen and oxygen atoms in total. The number of aromatic nitrogens is 4. The highest BCUT2D eigenvalue weighted by molar-refractivity contribution is 5.71. The van der Waals surface area contributed by atoms with Crippen LogP contribution in [0, 0.1) is 11.8 Å². The van der Waals surface area contributed by atoms with Crippen molar-refractivity contribution < 1.29 is 15.0 Å². The molecule has 0 saturated heterocycles. The van der Waals surface area contributed by atoms with Gasteiger partial charge in [0.1, 0.15) is 0 Å². The van der Waals surface area contributed by atoms with Crippen LogP contribution in [0.2, 0.25) is 0 Å². The number of hydrogen-bond acceptors (Lipinski definition) is 6. The lowest BCUT2D eigenvalue weighted by Gasteiger charge is -2.32. The van der Waals surface area contributed by atoms with Gasteiger partial charge >= 0.3 is 11.7 Å². The van der Waals surface area contributed by atoms with Crippen LogP contribution in [0.4, 0.5) is 0 Å². The molecular formula is C19H37N5O5. The fraction of sp³-hybridized carbons (Fsp3) is 0.684. The number of carbonyl (C=O) groups is 1. The zero-order chi connectivity index (χ0) is 23.3. The van der Waals surface area contributed by atoms with Gasteiger partial charge < -0.3 is 20.5 Å². The Bertz CT molecular complexity index is 847. The van der Waals surface area contributed by atoms with Crippen molar-refractivity contribution in [1.29, 1.82) is 0 Å². The molecule has 0 atom stereocenters. The molecule has 1 saturated carbocycles. The van der Waals surface area contributed by atoms with Crippen molar-refractivity contribution in [2.24, 2.45) is 31.7 Å². The molecule has 10 heteroatoms. The Morgan fingerprint density at radius 1 is 1.14 bits per heavy atom. The summed E-state index contributed by atoms with van der Waals surface area (Å²) in [6, 6.07) is 0. The molecule has 1 fully saturated rings. The number of aliphatic hydroxyl groups is 1. The fourth-order valence-corrected chi connectivity index (χ4v) is 2.90. The van der Waals surface area contributed by atoms with E-state index in [0.717, 1.165) is 7.11 Å². The van der Waals surface area contributed by atoms with Gasteiger partial charge in [-0.15, -0.1) is 0 Å². The smallest absolute Gasteiger partial charge is 0.332 e. The van der Waals surface area contributed by atoms with Gasteiger partial charge in [-0.3, -0.25) is 18.7 Å². The highest BCUT2D eigenvalue weighted by Gasteiger charge is 2.35. The van der Waals surface area contributed by atoms with Gasteiger partial charge in [0.15, 0.2) is 11.2 Å². The molecule has 2 heterocycles. The summed E-state index contributed by atoms with van der Waals surface area (Å²) >= 11 is 0. The number of hydrogen-bond donors (Lipinski definition) is 3. The summed E-state index contributed by atoms with van der Waals surface area (Å²) < 4.78 is 4.13. The summed E-state index contributed by atoms with van der Waals surface area (Å²) in [7, 11) is 5.78. The summed E-state index contributed by atoms with van der Waals surface area (Å²) in [4.78, 5) is 39.6. The van der Waals surface area contributed by atoms with E-state index in [1.54, 1.807) is 18.7 Å². The predicted molar refractivity (Wildman–Crippen MR) is 115 cm³/mol. The Morgan fingerprint density at radius 2 is 1.62 bits per heavy atom. The van der Waals surface area contributed by atoms with Crippen molar-refractivity contribution in [2.45, 2.75) is 47.1 Å². The summed E-state index contributed by atoms with van der Waals surface area (Å²) in [5, 5.41) is 15.9. The van der Waals surface area contributed by atoms with E-state index in [0.29, 0.717) is 24.0 Å². The van der Waals surface area contributed by atoms with Crippen LogP contribution in [0.3, 0.4) is 0 Å². The molecule has 2 aromatic heterocycles. The maximum absolute atomic E-state index is 12.4. The van der Waals surface area contributed by atoms with E-state index >= 15 is 0 Å². The highest BCUT2D eigenvalue weighted by Crippen LogP contribution is 2.34. The van der Waals surface area contributed by atoms with Crippen LogP contribution < -0.4 is 17.0 Å². The Balaban J connectivity index is 0. The molecule has 1 aliphatic carbocycles. The lowest BCUT2D eigenvalue weighted by molar-refractivity contribution is -0.146. The second kappa shape index (κ2) is 14.5. The molecule has 29 heavy (non-hydrogen) atoms. The number of fused-ring (bicyclic) bond motifs is 1. The monoisotopic (exact) mass is 415 g/mol. The largest absolute Gasteiger partial charge is 0.481 e. The summed E-state index contributed by atoms with van der Waals surface area (Å²) in [5.74, 6) is -1.11. The minimum atomic E-state index is -0.811. The maximum Gasteiger partial charge on any atom is 0.332 e. The van der Waals surface area contributed by atoms with Crippen molar-refractivity contribution >= 4 is 17.1 Å². The Hall–Kier alpha value is -2.46. The minimum Gasteiger partial charge on any atom is -0.481 e. The van der Waals surface area contributed by atoms with Gasteiger partial charge in [0.2, 0.25) is 0 Å². The van der Waals surface area contributed by atoms with E-state index in [-0.39, 0.29) is 23.9 Å². The number of aliphatic hydroxyl groups excluding tert-OH is 1. The summed E-state index contributed by atoms with van der Waals surface area (Å²) in [6.45, 7) is 8.26. The van der Waals surface area contributed by atoms with Gasteiger partial charge in [-0.2, -0.15) is 0 Å². The average Bonchev–Trinajstić information content (AvgIpc) is 3.12. The first-order chi connectivity index (χ1) is 13.9. The molecular weight excluding hydrogens is 378 g/mol. The number of aryl methyl sites for hydroxylation is 2. The van der Waals surface area contributed by atoms with E-state index in [4.69, 9.17) is 10.2 Å². The second-order valence-corrected chi connectivity index (χ2v) is 5.66. The Kier molecular flexibility index (Phi) is 14.4. The number of carboxylic acids is 1. The highest BCUT2D eigenvalue weighted by atomic mass is 16.4. The molecule has 0 radical (unpaired) electrons. The minimum absolute atomic E-state index is 0.0576. The average molecular weight is 416 g/mol. The van der Waals surface area contributed by atoms with Crippen molar-refractivity contribution in [3.63, 3.8) is 0 Å². The molecule has 4 N–H and O–H groups in total. The van der Waals surface area contributed by atoms with E-state index in [9.17, 15) is 14.4 Å². The zero-order valence-corrected chi connectivity index (χ0v) is 18.8. The number of carboxylic acid groups (broad SMARTS) is 1. The molecule has 0 aliphatic heterocycles. The van der Waals surface area contributed by atoms with Gasteiger partial charge in [-0.25, -0.2) is 9.78 Å². The Labute approximate surface area is 171 Å². The quantitative estimate of drug-likeness (QED) is 0.671. The topological polar surface area (TPSA) is 145 Å². The first kappa shape index (κ1) is 28.7. The number of imidazole rings is 1. The van der Waals surface area contributed by atoms with Gasteiger partial charge in [0.25, 0.3) is 5.56 Å². The standard InChI is InChI=1S/C13H16N4O4.2C2H6.CH5N.CH4O/c1-15-6-14-10-9(15)11(18)17(13(21)16(10)2)5-7-3-8(4-7)12(19)20;4*1-2/h6-8H,3-5H2,1-2H3,(H,19,20);2*1-2H3;2H2,1H3;2H,1H3. The van der Waals surface area contributed by atoms with Gasteiger partial charge in [0.05, 0.1) is 12.2 Å². The normalized spacial score (nSPS) is 16.3. The van der Waals surface area contributed by atoms with E-state index in [1.165, 1.54) is 22.5 Å². The molecule has 0 spiro atoms. The van der Waals surface area contributed by atoms with Gasteiger partial charge in [0, 0.05) is 27.7 Å². The number of rotatable bonds is 3. The molecule has 2 aromatic rings. The second-order valence-electron chi connectivity index (χ2n) is 5.66. The van der Waals surface area contributed by atoms with Crippen LogP contribution in [0.25, 0.3) is 11.2 Å². The lowest BCUT2D eigenvalue weighted by Crippen LogP contribution is -2.43. The van der Waals surface area contributed by atoms with Crippen LogP contribution >= 0.6 is 0 Å². The number of aliphatic carboxylic acids is 1. The van der Waals surface area contributed by atoms with Crippen LogP contribution in [0.5, 0.6) is 0 Å². The first-order valence-electron chi connectivity index (χ1n) is 9.76. The molecule has 0 aromatic carbocycles. The molecule has 168 valence electrons. The molecule has 0 bridgehead atoms. The van der Waals surface area contributed by atoms with Crippen molar-refractivity contribution in [3.05, 3.63) is 27.2 Å². The third-order valence-electron chi connectivity index (χ3n) is 4.23. The van der Waals surface area contributed by atoms with Crippen molar-refractivity contribution in [2.75, 3.05) is 14.2 Å². The SMILES string of the molecule is CC.CC.CN.CO.Cn1cnc2c1c(=O)n(CC1CC(C(=O)O)C1)c(=O)n2C. The third kappa shape index (κ3) is 6.53. The first-order valence-corrected chi connectivity index (χ1v) is 9.76. The predicted octanol–water partition coefficient (Wildman–Crippen LogP) is 0.780. The van der Waals surface area contributed by atoms with Gasteiger partial charge in [-0.1, -0.05) is 27.7 Å². The molecule has 0 unspecified atom stereocenters. The van der Waals surface area contributed by atoms with Crippen LogP contribution in [-0.2, 0) is 25.4 Å². The van der Waals surface area contributed by atoms with E-state index in [2.05, 4.69) is 10.7 Å². The maximum atomic E-state index is 12.4. The third-order valence-corrected chi connectivity index (χ3v) is 4.23. The van der Waals surface area contributed by atoms with E-state index < -0.39 is 11.7 Å². The Morgan fingerprint density at radius 3 is 2.07 bits per heavy atom. The van der Waals surface area contributed by atoms with Crippen LogP contribution in [0.15, 0.2) is 15.9 Å². The van der Waals surface area contributed by atoms with Crippen molar-refractivity contribution in [3.8, 4) is 0 Å². The number of nitrogens with zero attached hydrogens (tertiary/aromatic N) is 4. The molecule has 0 amide bonds.